The summed E-state index contributed by atoms with van der Waals surface area (Å²) in [4.78, 5) is 4.81. The molecule has 0 saturated carbocycles. The van der Waals surface area contributed by atoms with Crippen molar-refractivity contribution in [3.63, 3.8) is 0 Å². The molecule has 2 nitrogen and oxygen atoms in total. The molecule has 0 fully saturated rings. The molecule has 1 heterocycles. The van der Waals surface area contributed by atoms with Gasteiger partial charge in [-0.05, 0) is 29.0 Å². The van der Waals surface area contributed by atoms with Crippen LogP contribution in [0.2, 0.25) is 0 Å². The number of benzene rings is 4. The largest absolute Gasteiger partial charge is 0.292 e. The average molecular weight is 346 g/mol. The Morgan fingerprint density at radius 3 is 2.00 bits per heavy atom. The molecule has 0 spiro atoms. The van der Waals surface area contributed by atoms with Gasteiger partial charge in [-0.25, -0.2) is 4.98 Å². The van der Waals surface area contributed by atoms with E-state index in [-0.39, 0.29) is 0 Å². The summed E-state index contributed by atoms with van der Waals surface area (Å²) in [5, 5.41) is 2.46. The molecule has 0 radical (unpaired) electrons. The van der Waals surface area contributed by atoms with Gasteiger partial charge in [0, 0.05) is 16.8 Å². The molecule has 0 N–H and O–H groups in total. The second kappa shape index (κ2) is 6.58. The molecule has 1 aromatic heterocycles. The van der Waals surface area contributed by atoms with Crippen LogP contribution in [0, 0.1) is 0 Å². The highest BCUT2D eigenvalue weighted by molar-refractivity contribution is 5.87. The van der Waals surface area contributed by atoms with E-state index in [9.17, 15) is 0 Å². The van der Waals surface area contributed by atoms with E-state index in [1.165, 1.54) is 10.8 Å². The van der Waals surface area contributed by atoms with Crippen LogP contribution in [0.15, 0.2) is 109 Å². The first-order valence-electron chi connectivity index (χ1n) is 9.08. The molecule has 128 valence electrons. The van der Waals surface area contributed by atoms with Gasteiger partial charge in [-0.1, -0.05) is 84.9 Å². The molecule has 5 aromatic rings. The number of para-hydroxylation sites is 1. The fraction of sp³-hybridized carbons (Fsp3) is 0. The van der Waals surface area contributed by atoms with E-state index in [1.54, 1.807) is 0 Å². The molecular formula is C25H18N2. The van der Waals surface area contributed by atoms with Crippen LogP contribution in [0.5, 0.6) is 0 Å². The number of hydrogen-bond donors (Lipinski definition) is 0. The molecule has 0 atom stereocenters. The van der Waals surface area contributed by atoms with Crippen LogP contribution >= 0.6 is 0 Å². The zero-order valence-corrected chi connectivity index (χ0v) is 14.8. The zero-order chi connectivity index (χ0) is 18.1. The highest BCUT2D eigenvalue weighted by Crippen LogP contribution is 2.31. The fourth-order valence-electron chi connectivity index (χ4n) is 3.53. The van der Waals surface area contributed by atoms with E-state index in [4.69, 9.17) is 4.98 Å². The number of imidazole rings is 1. The van der Waals surface area contributed by atoms with Crippen LogP contribution in [0.25, 0.3) is 39.1 Å². The van der Waals surface area contributed by atoms with Crippen molar-refractivity contribution in [1.82, 2.24) is 9.55 Å². The van der Waals surface area contributed by atoms with Crippen molar-refractivity contribution in [2.24, 2.45) is 0 Å². The van der Waals surface area contributed by atoms with Crippen molar-refractivity contribution >= 4 is 10.8 Å². The molecule has 0 amide bonds. The number of rotatable bonds is 3. The van der Waals surface area contributed by atoms with Gasteiger partial charge in [-0.15, -0.1) is 0 Å². The van der Waals surface area contributed by atoms with E-state index in [0.29, 0.717) is 0 Å². The molecule has 0 aliphatic heterocycles. The van der Waals surface area contributed by atoms with Gasteiger partial charge in [0.15, 0.2) is 0 Å². The predicted octanol–water partition coefficient (Wildman–Crippen LogP) is 6.36. The summed E-state index contributed by atoms with van der Waals surface area (Å²) in [7, 11) is 0. The van der Waals surface area contributed by atoms with E-state index in [0.717, 1.165) is 28.3 Å². The van der Waals surface area contributed by atoms with Crippen LogP contribution in [-0.2, 0) is 0 Å². The van der Waals surface area contributed by atoms with Gasteiger partial charge in [0.05, 0.1) is 11.9 Å². The highest BCUT2D eigenvalue weighted by atomic mass is 15.1. The van der Waals surface area contributed by atoms with Crippen molar-refractivity contribution in [1.29, 1.82) is 0 Å². The van der Waals surface area contributed by atoms with Crippen LogP contribution in [0.4, 0.5) is 0 Å². The molecule has 0 unspecified atom stereocenters. The second-order valence-electron chi connectivity index (χ2n) is 6.57. The highest BCUT2D eigenvalue weighted by Gasteiger charge is 2.15. The molecular weight excluding hydrogens is 328 g/mol. The lowest BCUT2D eigenvalue weighted by Crippen LogP contribution is -1.99. The second-order valence-corrected chi connectivity index (χ2v) is 6.57. The van der Waals surface area contributed by atoms with Crippen LogP contribution in [-0.4, -0.2) is 9.55 Å². The summed E-state index contributed by atoms with van der Waals surface area (Å²) in [5.74, 6) is 0.950. The third kappa shape index (κ3) is 2.81. The minimum atomic E-state index is 0.950. The maximum absolute atomic E-state index is 4.81. The Hall–Kier alpha value is -3.65. The molecule has 0 aliphatic carbocycles. The number of aromatic nitrogens is 2. The summed E-state index contributed by atoms with van der Waals surface area (Å²) in [6, 6.07) is 35.8. The molecule has 0 saturated heterocycles. The Bertz CT molecular complexity index is 1210. The minimum Gasteiger partial charge on any atom is -0.292 e. The first kappa shape index (κ1) is 15.6. The number of nitrogens with zero attached hydrogens (tertiary/aromatic N) is 2. The molecule has 4 aromatic carbocycles. The summed E-state index contributed by atoms with van der Waals surface area (Å²) >= 11 is 0. The maximum atomic E-state index is 4.81. The van der Waals surface area contributed by atoms with E-state index < -0.39 is 0 Å². The first-order chi connectivity index (χ1) is 13.4. The molecule has 0 aliphatic rings. The Kier molecular flexibility index (Phi) is 3.80. The smallest absolute Gasteiger partial charge is 0.145 e. The molecule has 27 heavy (non-hydrogen) atoms. The quantitative estimate of drug-likeness (QED) is 0.372. The van der Waals surface area contributed by atoms with Crippen LogP contribution in [0.3, 0.4) is 0 Å². The lowest BCUT2D eigenvalue weighted by molar-refractivity contribution is 1.07. The van der Waals surface area contributed by atoms with Crippen molar-refractivity contribution in [2.45, 2.75) is 0 Å². The third-order valence-electron chi connectivity index (χ3n) is 4.85. The predicted molar refractivity (Wildman–Crippen MR) is 112 cm³/mol. The minimum absolute atomic E-state index is 0.950. The summed E-state index contributed by atoms with van der Waals surface area (Å²) in [6.07, 6.45) is 1.97. The van der Waals surface area contributed by atoms with Gasteiger partial charge >= 0.3 is 0 Å². The first-order valence-corrected chi connectivity index (χ1v) is 9.08. The lowest BCUT2D eigenvalue weighted by Gasteiger charge is -2.13. The van der Waals surface area contributed by atoms with Crippen molar-refractivity contribution in [3.8, 4) is 28.3 Å². The van der Waals surface area contributed by atoms with Gasteiger partial charge in [0.25, 0.3) is 0 Å². The van der Waals surface area contributed by atoms with Crippen LogP contribution in [0.1, 0.15) is 0 Å². The summed E-state index contributed by atoms with van der Waals surface area (Å²) in [5.41, 5.74) is 4.46. The Balaban J connectivity index is 1.76. The summed E-state index contributed by atoms with van der Waals surface area (Å²) < 4.78 is 2.24. The van der Waals surface area contributed by atoms with Crippen molar-refractivity contribution in [3.05, 3.63) is 109 Å². The van der Waals surface area contributed by atoms with Gasteiger partial charge in [0.2, 0.25) is 0 Å². The Morgan fingerprint density at radius 1 is 0.556 bits per heavy atom. The van der Waals surface area contributed by atoms with E-state index in [2.05, 4.69) is 95.6 Å². The monoisotopic (exact) mass is 346 g/mol. The van der Waals surface area contributed by atoms with Gasteiger partial charge < -0.3 is 0 Å². The molecule has 2 heteroatoms. The topological polar surface area (TPSA) is 17.8 Å². The van der Waals surface area contributed by atoms with Gasteiger partial charge in [-0.3, -0.25) is 4.57 Å². The normalized spacial score (nSPS) is 11.0. The van der Waals surface area contributed by atoms with Crippen molar-refractivity contribution in [2.75, 3.05) is 0 Å². The lowest BCUT2D eigenvalue weighted by atomic mass is 10.1. The molecule has 0 bridgehead atoms. The summed E-state index contributed by atoms with van der Waals surface area (Å²) in [6.45, 7) is 0. The maximum Gasteiger partial charge on any atom is 0.145 e. The van der Waals surface area contributed by atoms with Gasteiger partial charge in [0.1, 0.15) is 5.82 Å². The van der Waals surface area contributed by atoms with E-state index in [1.807, 2.05) is 18.3 Å². The number of fused-ring (bicyclic) bond motifs is 1. The standard InChI is InChI=1S/C25H18N2/c1-3-10-20(11-4-1)24-18-26-25(27(24)23-13-5-2-6-14-23)22-16-15-19-9-7-8-12-21(19)17-22/h1-18H. The fourth-order valence-corrected chi connectivity index (χ4v) is 3.53. The van der Waals surface area contributed by atoms with Crippen LogP contribution < -0.4 is 0 Å². The van der Waals surface area contributed by atoms with E-state index >= 15 is 0 Å². The third-order valence-corrected chi connectivity index (χ3v) is 4.85. The zero-order valence-electron chi connectivity index (χ0n) is 14.8. The van der Waals surface area contributed by atoms with Crippen molar-refractivity contribution < 1.29 is 0 Å². The SMILES string of the molecule is c1ccc(-c2cnc(-c3ccc4ccccc4c3)n2-c2ccccc2)cc1. The Labute approximate surface area is 158 Å². The number of hydrogen-bond acceptors (Lipinski definition) is 1. The van der Waals surface area contributed by atoms with Gasteiger partial charge in [-0.2, -0.15) is 0 Å². The Morgan fingerprint density at radius 2 is 1.22 bits per heavy atom. The average Bonchev–Trinajstić information content (AvgIpc) is 3.20. The molecule has 5 rings (SSSR count).